The van der Waals surface area contributed by atoms with Gasteiger partial charge < -0.3 is 0 Å². The molecule has 3 aromatic rings. The molecular formula is C21H16FN3O4S. The number of sulfonamides is 1. The monoisotopic (exact) mass is 425 g/mol. The fraction of sp³-hybridized carbons (Fsp3) is 0.0952. The second kappa shape index (κ2) is 7.68. The zero-order chi connectivity index (χ0) is 21.3. The molecule has 0 fully saturated rings. The van der Waals surface area contributed by atoms with Crippen LogP contribution in [0.1, 0.15) is 26.4 Å². The topological polar surface area (TPSA) is 96.4 Å². The van der Waals surface area contributed by atoms with E-state index in [9.17, 15) is 22.4 Å². The van der Waals surface area contributed by atoms with Crippen LogP contribution in [0.5, 0.6) is 0 Å². The number of imide groups is 1. The van der Waals surface area contributed by atoms with Crippen molar-refractivity contribution in [2.75, 3.05) is 11.3 Å². The minimum absolute atomic E-state index is 0.0421. The Bertz CT molecular complexity index is 1190. The van der Waals surface area contributed by atoms with Gasteiger partial charge in [0.15, 0.2) is 0 Å². The molecule has 1 aliphatic heterocycles. The second-order valence-electron chi connectivity index (χ2n) is 6.67. The summed E-state index contributed by atoms with van der Waals surface area (Å²) in [5, 5.41) is 0. The highest BCUT2D eigenvalue weighted by Crippen LogP contribution is 2.21. The molecule has 2 amide bonds. The van der Waals surface area contributed by atoms with Crippen LogP contribution >= 0.6 is 0 Å². The Kier molecular flexibility index (Phi) is 5.04. The Morgan fingerprint density at radius 2 is 1.63 bits per heavy atom. The molecule has 0 saturated heterocycles. The number of benzene rings is 2. The highest BCUT2D eigenvalue weighted by Gasteiger charge is 2.36. The van der Waals surface area contributed by atoms with Crippen LogP contribution in [-0.2, 0) is 16.4 Å². The summed E-state index contributed by atoms with van der Waals surface area (Å²) in [6.07, 6.45) is 1.84. The van der Waals surface area contributed by atoms with E-state index >= 15 is 0 Å². The summed E-state index contributed by atoms with van der Waals surface area (Å²) < 4.78 is 40.3. The predicted octanol–water partition coefficient (Wildman–Crippen LogP) is 2.86. The molecule has 4 rings (SSSR count). The van der Waals surface area contributed by atoms with Gasteiger partial charge in [-0.1, -0.05) is 12.1 Å². The average molecular weight is 425 g/mol. The molecule has 0 atom stereocenters. The number of nitrogens with one attached hydrogen (secondary N) is 1. The normalized spacial score (nSPS) is 13.4. The van der Waals surface area contributed by atoms with Crippen LogP contribution in [0.2, 0.25) is 0 Å². The number of aromatic nitrogens is 1. The van der Waals surface area contributed by atoms with Gasteiger partial charge in [-0.05, 0) is 60.5 Å². The lowest BCUT2D eigenvalue weighted by molar-refractivity contribution is 0.0654. The molecule has 0 saturated carbocycles. The Labute approximate surface area is 172 Å². The summed E-state index contributed by atoms with van der Waals surface area (Å²) >= 11 is 0. The number of hydrogen-bond donors (Lipinski definition) is 1. The van der Waals surface area contributed by atoms with Crippen molar-refractivity contribution in [3.05, 3.63) is 89.5 Å². The van der Waals surface area contributed by atoms with E-state index in [4.69, 9.17) is 0 Å². The van der Waals surface area contributed by atoms with Crippen molar-refractivity contribution >= 4 is 27.5 Å². The molecule has 2 heterocycles. The molecule has 0 radical (unpaired) electrons. The van der Waals surface area contributed by atoms with E-state index in [-0.39, 0.29) is 34.3 Å². The highest BCUT2D eigenvalue weighted by atomic mass is 32.2. The largest absolute Gasteiger partial charge is 0.280 e. The van der Waals surface area contributed by atoms with Crippen LogP contribution in [-0.4, -0.2) is 36.7 Å². The van der Waals surface area contributed by atoms with Crippen molar-refractivity contribution in [1.82, 2.24) is 9.88 Å². The molecule has 0 spiro atoms. The minimum Gasteiger partial charge on any atom is -0.280 e. The first-order valence-electron chi connectivity index (χ1n) is 9.04. The van der Waals surface area contributed by atoms with Gasteiger partial charge in [0.1, 0.15) is 11.5 Å². The van der Waals surface area contributed by atoms with Gasteiger partial charge in [0.25, 0.3) is 21.8 Å². The molecule has 0 aliphatic carbocycles. The van der Waals surface area contributed by atoms with Gasteiger partial charge in [-0.2, -0.15) is 0 Å². The van der Waals surface area contributed by atoms with Gasteiger partial charge in [0.05, 0.1) is 10.5 Å². The average Bonchev–Trinajstić information content (AvgIpc) is 2.99. The third-order valence-electron chi connectivity index (χ3n) is 4.69. The summed E-state index contributed by atoms with van der Waals surface area (Å²) in [4.78, 5) is 29.8. The van der Waals surface area contributed by atoms with Crippen molar-refractivity contribution in [1.29, 1.82) is 0 Å². The van der Waals surface area contributed by atoms with Gasteiger partial charge in [0.2, 0.25) is 0 Å². The van der Waals surface area contributed by atoms with Crippen LogP contribution in [0.25, 0.3) is 0 Å². The van der Waals surface area contributed by atoms with Crippen LogP contribution in [0.3, 0.4) is 0 Å². The predicted molar refractivity (Wildman–Crippen MR) is 107 cm³/mol. The number of carbonyl (C=O) groups excluding carboxylic acids is 2. The highest BCUT2D eigenvalue weighted by molar-refractivity contribution is 7.92. The lowest BCUT2D eigenvalue weighted by atomic mass is 10.1. The number of nitrogens with zero attached hydrogens (tertiary/aromatic N) is 2. The lowest BCUT2D eigenvalue weighted by Crippen LogP contribution is -2.31. The molecule has 1 aliphatic rings. The minimum atomic E-state index is -3.83. The molecule has 1 N–H and O–H groups in total. The van der Waals surface area contributed by atoms with Gasteiger partial charge in [-0.3, -0.25) is 24.2 Å². The van der Waals surface area contributed by atoms with E-state index in [0.717, 1.165) is 22.6 Å². The van der Waals surface area contributed by atoms with Crippen molar-refractivity contribution < 1.29 is 22.4 Å². The van der Waals surface area contributed by atoms with Crippen molar-refractivity contribution in [2.45, 2.75) is 11.3 Å². The van der Waals surface area contributed by atoms with Gasteiger partial charge in [0, 0.05) is 18.4 Å². The number of fused-ring (bicyclic) bond motifs is 1. The van der Waals surface area contributed by atoms with Gasteiger partial charge in [-0.25, -0.2) is 12.8 Å². The van der Waals surface area contributed by atoms with E-state index in [1.165, 1.54) is 30.5 Å². The first kappa shape index (κ1) is 19.7. The van der Waals surface area contributed by atoms with Gasteiger partial charge >= 0.3 is 0 Å². The van der Waals surface area contributed by atoms with Crippen molar-refractivity contribution in [2.24, 2.45) is 0 Å². The van der Waals surface area contributed by atoms with E-state index in [1.807, 2.05) is 0 Å². The van der Waals surface area contributed by atoms with Crippen LogP contribution in [0, 0.1) is 5.82 Å². The third-order valence-corrected chi connectivity index (χ3v) is 6.08. The SMILES string of the molecule is O=C1c2cccnc2C(=O)N1CCc1ccc(S(=O)(=O)Nc2ccc(F)cc2)cc1. The number of halogens is 1. The number of hydrogen-bond acceptors (Lipinski definition) is 5. The molecule has 0 bridgehead atoms. The van der Waals surface area contributed by atoms with E-state index in [0.29, 0.717) is 6.42 Å². The molecule has 1 aromatic heterocycles. The number of pyridine rings is 1. The second-order valence-corrected chi connectivity index (χ2v) is 8.35. The van der Waals surface area contributed by atoms with Crippen LogP contribution in [0.4, 0.5) is 10.1 Å². The summed E-state index contributed by atoms with van der Waals surface area (Å²) in [5.74, 6) is -1.28. The number of rotatable bonds is 6. The van der Waals surface area contributed by atoms with Gasteiger partial charge in [-0.15, -0.1) is 0 Å². The van der Waals surface area contributed by atoms with Crippen molar-refractivity contribution in [3.8, 4) is 0 Å². The fourth-order valence-corrected chi connectivity index (χ4v) is 4.18. The Morgan fingerprint density at radius 1 is 0.933 bits per heavy atom. The first-order chi connectivity index (χ1) is 14.3. The van der Waals surface area contributed by atoms with E-state index < -0.39 is 21.7 Å². The lowest BCUT2D eigenvalue weighted by Gasteiger charge is -2.13. The molecular weight excluding hydrogens is 409 g/mol. The van der Waals surface area contributed by atoms with E-state index in [2.05, 4.69) is 9.71 Å². The maximum absolute atomic E-state index is 13.0. The third kappa shape index (κ3) is 3.79. The molecule has 9 heteroatoms. The number of anilines is 1. The summed E-state index contributed by atoms with van der Waals surface area (Å²) in [6, 6.07) is 14.3. The quantitative estimate of drug-likeness (QED) is 0.613. The zero-order valence-electron chi connectivity index (χ0n) is 15.6. The van der Waals surface area contributed by atoms with Crippen molar-refractivity contribution in [3.63, 3.8) is 0 Å². The zero-order valence-corrected chi connectivity index (χ0v) is 16.4. The van der Waals surface area contributed by atoms with E-state index in [1.54, 1.807) is 24.3 Å². The number of amides is 2. The Balaban J connectivity index is 1.42. The Hall–Kier alpha value is -3.59. The Morgan fingerprint density at radius 3 is 2.30 bits per heavy atom. The molecule has 30 heavy (non-hydrogen) atoms. The molecule has 7 nitrogen and oxygen atoms in total. The standard InChI is InChI=1S/C21H16FN3O4S/c22-15-5-7-16(8-6-15)24-30(28,29)17-9-3-14(4-10-17)11-13-25-20(26)18-2-1-12-23-19(18)21(25)27/h1-10,12,24H,11,13H2. The maximum atomic E-state index is 13.0. The summed E-state index contributed by atoms with van der Waals surface area (Å²) in [7, 11) is -3.83. The number of carbonyl (C=O) groups is 2. The fourth-order valence-electron chi connectivity index (χ4n) is 3.13. The molecule has 152 valence electrons. The molecule has 2 aromatic carbocycles. The smallest absolute Gasteiger partial charge is 0.280 e. The molecule has 0 unspecified atom stereocenters. The van der Waals surface area contributed by atoms with Crippen LogP contribution in [0.15, 0.2) is 71.8 Å². The summed E-state index contributed by atoms with van der Waals surface area (Å²) in [5.41, 5.74) is 1.45. The first-order valence-corrected chi connectivity index (χ1v) is 10.5. The summed E-state index contributed by atoms with van der Waals surface area (Å²) in [6.45, 7) is 0.161. The van der Waals surface area contributed by atoms with Crippen LogP contribution < -0.4 is 4.72 Å². The maximum Gasteiger partial charge on any atom is 0.280 e.